The average molecular weight is 466 g/mol. The summed E-state index contributed by atoms with van der Waals surface area (Å²) in [4.78, 5) is 29.2. The fourth-order valence-corrected chi connectivity index (χ4v) is 4.97. The summed E-state index contributed by atoms with van der Waals surface area (Å²) < 4.78 is 0. The molecule has 2 N–H and O–H groups in total. The van der Waals surface area contributed by atoms with Gasteiger partial charge in [-0.25, -0.2) is 0 Å². The maximum absolute atomic E-state index is 12.7. The van der Waals surface area contributed by atoms with E-state index in [1.807, 2.05) is 4.90 Å². The number of piperazine rings is 1. The first-order valence-electron chi connectivity index (χ1n) is 11.5. The molecular formula is C22H42Cl2N4O2. The van der Waals surface area contributed by atoms with Crippen LogP contribution in [0.5, 0.6) is 0 Å². The lowest BCUT2D eigenvalue weighted by atomic mass is 9.85. The number of hydrogen-bond acceptors (Lipinski definition) is 4. The second kappa shape index (κ2) is 13.8. The highest BCUT2D eigenvalue weighted by Crippen LogP contribution is 2.24. The summed E-state index contributed by atoms with van der Waals surface area (Å²) in [6, 6.07) is 0.363. The van der Waals surface area contributed by atoms with Crippen molar-refractivity contribution in [2.45, 2.75) is 64.8 Å². The molecule has 0 radical (unpaired) electrons. The molecule has 2 saturated heterocycles. The Morgan fingerprint density at radius 2 is 1.70 bits per heavy atom. The smallest absolute Gasteiger partial charge is 0.234 e. The Labute approximate surface area is 195 Å². The Kier molecular flexibility index (Phi) is 12.6. The molecule has 30 heavy (non-hydrogen) atoms. The van der Waals surface area contributed by atoms with Crippen LogP contribution >= 0.6 is 24.8 Å². The van der Waals surface area contributed by atoms with Crippen molar-refractivity contribution in [2.24, 2.45) is 17.8 Å². The first-order chi connectivity index (χ1) is 13.5. The molecule has 2 unspecified atom stereocenters. The number of hydrogen-bond donors (Lipinski definition) is 2. The maximum Gasteiger partial charge on any atom is 0.234 e. The van der Waals surface area contributed by atoms with Gasteiger partial charge in [-0.05, 0) is 69.4 Å². The van der Waals surface area contributed by atoms with Gasteiger partial charge in [0.25, 0.3) is 0 Å². The minimum atomic E-state index is 0. The molecule has 6 nitrogen and oxygen atoms in total. The molecular weight excluding hydrogens is 423 g/mol. The number of carbonyl (C=O) groups excluding carboxylic acids is 2. The van der Waals surface area contributed by atoms with Crippen LogP contribution in [-0.2, 0) is 9.59 Å². The van der Waals surface area contributed by atoms with Gasteiger partial charge in [0.15, 0.2) is 0 Å². The largest absolute Gasteiger partial charge is 0.352 e. The summed E-state index contributed by atoms with van der Waals surface area (Å²) in [5.74, 6) is 2.32. The zero-order valence-electron chi connectivity index (χ0n) is 18.7. The highest BCUT2D eigenvalue weighted by atomic mass is 35.5. The number of halogens is 2. The zero-order valence-corrected chi connectivity index (χ0v) is 20.4. The molecule has 2 aliphatic heterocycles. The average Bonchev–Trinajstić information content (AvgIpc) is 2.71. The minimum Gasteiger partial charge on any atom is -0.352 e. The van der Waals surface area contributed by atoms with Crippen molar-refractivity contribution in [3.8, 4) is 0 Å². The van der Waals surface area contributed by atoms with Crippen molar-refractivity contribution in [2.75, 3.05) is 45.8 Å². The molecule has 2 amide bonds. The summed E-state index contributed by atoms with van der Waals surface area (Å²) in [6.07, 6.45) is 7.80. The fourth-order valence-electron chi connectivity index (χ4n) is 4.97. The molecule has 176 valence electrons. The SMILES string of the molecule is CC1CCC(NC(=O)CN2CCN(C(=O)CC(C)C3CCCNC3)CC2)CC1.Cl.Cl. The van der Waals surface area contributed by atoms with Crippen LogP contribution in [0, 0.1) is 17.8 Å². The summed E-state index contributed by atoms with van der Waals surface area (Å²) >= 11 is 0. The van der Waals surface area contributed by atoms with Gasteiger partial charge >= 0.3 is 0 Å². The third kappa shape index (κ3) is 8.52. The highest BCUT2D eigenvalue weighted by Gasteiger charge is 2.27. The van der Waals surface area contributed by atoms with Crippen molar-refractivity contribution < 1.29 is 9.59 Å². The summed E-state index contributed by atoms with van der Waals surface area (Å²) in [6.45, 7) is 10.3. The Bertz CT molecular complexity index is 515. The van der Waals surface area contributed by atoms with Gasteiger partial charge < -0.3 is 15.5 Å². The van der Waals surface area contributed by atoms with E-state index in [0.29, 0.717) is 36.8 Å². The number of nitrogens with one attached hydrogen (secondary N) is 2. The lowest BCUT2D eigenvalue weighted by Crippen LogP contribution is -2.52. The number of amides is 2. The van der Waals surface area contributed by atoms with Gasteiger partial charge in [-0.3, -0.25) is 14.5 Å². The Morgan fingerprint density at radius 1 is 1.03 bits per heavy atom. The minimum absolute atomic E-state index is 0. The molecule has 3 fully saturated rings. The summed E-state index contributed by atoms with van der Waals surface area (Å²) in [7, 11) is 0. The van der Waals surface area contributed by atoms with Crippen LogP contribution in [-0.4, -0.2) is 73.5 Å². The van der Waals surface area contributed by atoms with Gasteiger partial charge in [0, 0.05) is 38.6 Å². The van der Waals surface area contributed by atoms with Gasteiger partial charge in [0.05, 0.1) is 6.54 Å². The van der Waals surface area contributed by atoms with E-state index in [1.165, 1.54) is 25.7 Å². The second-order valence-corrected chi connectivity index (χ2v) is 9.47. The molecule has 2 heterocycles. The molecule has 2 atom stereocenters. The van der Waals surface area contributed by atoms with E-state index in [1.54, 1.807) is 0 Å². The molecule has 8 heteroatoms. The fraction of sp³-hybridized carbons (Fsp3) is 0.909. The third-order valence-corrected chi connectivity index (χ3v) is 7.11. The molecule has 0 aromatic carbocycles. The van der Waals surface area contributed by atoms with E-state index in [-0.39, 0.29) is 30.7 Å². The van der Waals surface area contributed by atoms with Gasteiger partial charge in [-0.2, -0.15) is 0 Å². The van der Waals surface area contributed by atoms with E-state index >= 15 is 0 Å². The van der Waals surface area contributed by atoms with Crippen LogP contribution in [0.2, 0.25) is 0 Å². The molecule has 0 aromatic rings. The van der Waals surface area contributed by atoms with Crippen LogP contribution in [0.4, 0.5) is 0 Å². The lowest BCUT2D eigenvalue weighted by Gasteiger charge is -2.36. The number of carbonyl (C=O) groups is 2. The number of nitrogens with zero attached hydrogens (tertiary/aromatic N) is 2. The number of rotatable bonds is 6. The van der Waals surface area contributed by atoms with Crippen molar-refractivity contribution in [1.82, 2.24) is 20.4 Å². The molecule has 0 spiro atoms. The lowest BCUT2D eigenvalue weighted by molar-refractivity contribution is -0.134. The van der Waals surface area contributed by atoms with Crippen molar-refractivity contribution in [3.63, 3.8) is 0 Å². The predicted octanol–water partition coefficient (Wildman–Crippen LogP) is 2.69. The van der Waals surface area contributed by atoms with E-state index in [0.717, 1.165) is 58.0 Å². The Morgan fingerprint density at radius 3 is 2.30 bits per heavy atom. The van der Waals surface area contributed by atoms with Gasteiger partial charge in [-0.1, -0.05) is 13.8 Å². The van der Waals surface area contributed by atoms with Gasteiger partial charge in [-0.15, -0.1) is 24.8 Å². The van der Waals surface area contributed by atoms with Crippen LogP contribution in [0.1, 0.15) is 58.8 Å². The van der Waals surface area contributed by atoms with E-state index in [4.69, 9.17) is 0 Å². The predicted molar refractivity (Wildman–Crippen MR) is 126 cm³/mol. The van der Waals surface area contributed by atoms with Crippen LogP contribution in [0.15, 0.2) is 0 Å². The zero-order chi connectivity index (χ0) is 19.9. The second-order valence-electron chi connectivity index (χ2n) is 9.47. The third-order valence-electron chi connectivity index (χ3n) is 7.11. The quantitative estimate of drug-likeness (QED) is 0.633. The first kappa shape index (κ1) is 27.5. The molecule has 3 rings (SSSR count). The molecule has 1 saturated carbocycles. The van der Waals surface area contributed by atoms with Crippen molar-refractivity contribution in [1.29, 1.82) is 0 Å². The van der Waals surface area contributed by atoms with Crippen LogP contribution < -0.4 is 10.6 Å². The van der Waals surface area contributed by atoms with Crippen molar-refractivity contribution in [3.05, 3.63) is 0 Å². The molecule has 0 bridgehead atoms. The molecule has 0 aromatic heterocycles. The monoisotopic (exact) mass is 464 g/mol. The molecule has 3 aliphatic rings. The van der Waals surface area contributed by atoms with Crippen LogP contribution in [0.25, 0.3) is 0 Å². The molecule has 1 aliphatic carbocycles. The Balaban J connectivity index is 0.00000225. The van der Waals surface area contributed by atoms with E-state index in [2.05, 4.69) is 29.4 Å². The maximum atomic E-state index is 12.7. The van der Waals surface area contributed by atoms with Crippen LogP contribution in [0.3, 0.4) is 0 Å². The first-order valence-corrected chi connectivity index (χ1v) is 11.5. The summed E-state index contributed by atoms with van der Waals surface area (Å²) in [5.41, 5.74) is 0. The summed E-state index contributed by atoms with van der Waals surface area (Å²) in [5, 5.41) is 6.67. The topological polar surface area (TPSA) is 64.7 Å². The standard InChI is InChI=1S/C22H40N4O2.2ClH/c1-17-5-7-20(8-6-17)24-21(27)16-25-10-12-26(13-11-25)22(28)14-18(2)19-4-3-9-23-15-19;;/h17-20,23H,3-16H2,1-2H3,(H,24,27);2*1H. The number of piperidine rings is 1. The van der Waals surface area contributed by atoms with Crippen molar-refractivity contribution >= 4 is 36.6 Å². The normalized spacial score (nSPS) is 28.6. The van der Waals surface area contributed by atoms with Gasteiger partial charge in [0.2, 0.25) is 11.8 Å². The van der Waals surface area contributed by atoms with E-state index < -0.39 is 0 Å². The van der Waals surface area contributed by atoms with E-state index in [9.17, 15) is 9.59 Å². The Hall–Kier alpha value is -0.560. The highest BCUT2D eigenvalue weighted by molar-refractivity contribution is 5.85. The van der Waals surface area contributed by atoms with Gasteiger partial charge in [0.1, 0.15) is 0 Å².